The molecule has 0 aliphatic heterocycles. The first-order valence-electron chi connectivity index (χ1n) is 10.2. The molecule has 1 saturated carbocycles. The van der Waals surface area contributed by atoms with Gasteiger partial charge in [-0.25, -0.2) is 0 Å². The molecule has 7 heteroatoms. The predicted molar refractivity (Wildman–Crippen MR) is 119 cm³/mol. The molecule has 1 heterocycles. The van der Waals surface area contributed by atoms with Gasteiger partial charge >= 0.3 is 0 Å². The number of carbonyl (C=O) groups is 1. The maximum atomic E-state index is 12.4. The van der Waals surface area contributed by atoms with Crippen molar-refractivity contribution in [2.24, 2.45) is 0 Å². The molecule has 6 nitrogen and oxygen atoms in total. The number of thioether (sulfide) groups is 1. The van der Waals surface area contributed by atoms with Crippen molar-refractivity contribution in [1.82, 2.24) is 14.8 Å². The molecular weight excluding hydrogens is 396 g/mol. The van der Waals surface area contributed by atoms with E-state index in [1.165, 1.54) is 11.8 Å². The van der Waals surface area contributed by atoms with E-state index in [1.54, 1.807) is 0 Å². The Kier molecular flexibility index (Phi) is 6.08. The molecule has 0 radical (unpaired) electrons. The number of hydrogen-bond acceptors (Lipinski definition) is 5. The van der Waals surface area contributed by atoms with Gasteiger partial charge in [-0.15, -0.1) is 10.2 Å². The van der Waals surface area contributed by atoms with Crippen LogP contribution in [0.4, 0.5) is 5.69 Å². The van der Waals surface area contributed by atoms with Crippen LogP contribution in [0, 0.1) is 6.92 Å². The molecule has 1 aromatic heterocycles. The van der Waals surface area contributed by atoms with Crippen molar-refractivity contribution in [1.29, 1.82) is 0 Å². The molecule has 0 bridgehead atoms. The minimum atomic E-state index is -0.0659. The van der Waals surface area contributed by atoms with Gasteiger partial charge in [0.1, 0.15) is 17.3 Å². The molecule has 3 aromatic rings. The van der Waals surface area contributed by atoms with Crippen LogP contribution in [0.5, 0.6) is 11.5 Å². The quantitative estimate of drug-likeness (QED) is 0.481. The molecular formula is C23H26N4O2S. The topological polar surface area (TPSA) is 69.0 Å². The molecule has 0 saturated heterocycles. The fourth-order valence-corrected chi connectivity index (χ4v) is 4.02. The molecule has 1 aliphatic rings. The Morgan fingerprint density at radius 2 is 1.93 bits per heavy atom. The zero-order chi connectivity index (χ0) is 21.1. The van der Waals surface area contributed by atoms with Crippen molar-refractivity contribution in [2.45, 2.75) is 50.7 Å². The van der Waals surface area contributed by atoms with Crippen LogP contribution in [0.15, 0.2) is 53.7 Å². The third-order valence-electron chi connectivity index (χ3n) is 4.82. The van der Waals surface area contributed by atoms with Crippen LogP contribution in [0.3, 0.4) is 0 Å². The van der Waals surface area contributed by atoms with Gasteiger partial charge in [0.15, 0.2) is 5.16 Å². The number of aromatic nitrogens is 3. The minimum absolute atomic E-state index is 0.0659. The Morgan fingerprint density at radius 1 is 1.17 bits per heavy atom. The summed E-state index contributed by atoms with van der Waals surface area (Å²) in [6, 6.07) is 15.8. The van der Waals surface area contributed by atoms with Gasteiger partial charge in [0, 0.05) is 17.6 Å². The van der Waals surface area contributed by atoms with Gasteiger partial charge in [0.2, 0.25) is 5.91 Å². The molecule has 4 rings (SSSR count). The average Bonchev–Trinajstić information content (AvgIpc) is 3.46. The van der Waals surface area contributed by atoms with Gasteiger partial charge in [-0.3, -0.25) is 4.79 Å². The SMILES string of the molecule is Cc1cccc(Oc2ccc(NC(=O)CSc3nnc(C(C)C)n3C3CC3)cc2)c1. The highest BCUT2D eigenvalue weighted by atomic mass is 32.2. The van der Waals surface area contributed by atoms with E-state index < -0.39 is 0 Å². The molecule has 30 heavy (non-hydrogen) atoms. The predicted octanol–water partition coefficient (Wildman–Crippen LogP) is 5.57. The molecule has 0 unspecified atom stereocenters. The number of hydrogen-bond donors (Lipinski definition) is 1. The van der Waals surface area contributed by atoms with Crippen molar-refractivity contribution >= 4 is 23.4 Å². The number of amides is 1. The number of carbonyl (C=O) groups excluding carboxylic acids is 1. The van der Waals surface area contributed by atoms with E-state index in [0.29, 0.717) is 17.7 Å². The van der Waals surface area contributed by atoms with Gasteiger partial charge in [-0.2, -0.15) is 0 Å². The van der Waals surface area contributed by atoms with E-state index in [2.05, 4.69) is 33.9 Å². The van der Waals surface area contributed by atoms with Gasteiger partial charge in [-0.05, 0) is 61.7 Å². The highest BCUT2D eigenvalue weighted by molar-refractivity contribution is 7.99. The first-order valence-corrected chi connectivity index (χ1v) is 11.2. The zero-order valence-electron chi connectivity index (χ0n) is 17.5. The van der Waals surface area contributed by atoms with Crippen LogP contribution in [0.25, 0.3) is 0 Å². The molecule has 1 aliphatic carbocycles. The summed E-state index contributed by atoms with van der Waals surface area (Å²) in [5, 5.41) is 12.4. The van der Waals surface area contributed by atoms with Crippen LogP contribution < -0.4 is 10.1 Å². The second kappa shape index (κ2) is 8.92. The van der Waals surface area contributed by atoms with Gasteiger partial charge in [0.05, 0.1) is 5.75 Å². The third-order valence-corrected chi connectivity index (χ3v) is 5.76. The van der Waals surface area contributed by atoms with Crippen LogP contribution in [-0.2, 0) is 4.79 Å². The summed E-state index contributed by atoms with van der Waals surface area (Å²) in [6.45, 7) is 6.27. The monoisotopic (exact) mass is 422 g/mol. The fourth-order valence-electron chi connectivity index (χ4n) is 3.20. The highest BCUT2D eigenvalue weighted by Crippen LogP contribution is 2.40. The van der Waals surface area contributed by atoms with E-state index in [9.17, 15) is 4.79 Å². The first-order chi connectivity index (χ1) is 14.5. The summed E-state index contributed by atoms with van der Waals surface area (Å²) < 4.78 is 8.06. The van der Waals surface area contributed by atoms with Gasteiger partial charge in [-0.1, -0.05) is 37.7 Å². The third kappa shape index (κ3) is 5.02. The number of nitrogens with zero attached hydrogens (tertiary/aromatic N) is 3. The number of benzene rings is 2. The summed E-state index contributed by atoms with van der Waals surface area (Å²) >= 11 is 1.44. The smallest absolute Gasteiger partial charge is 0.234 e. The second-order valence-corrected chi connectivity index (χ2v) is 8.82. The molecule has 2 aromatic carbocycles. The van der Waals surface area contributed by atoms with Crippen molar-refractivity contribution in [3.05, 3.63) is 59.9 Å². The molecule has 0 spiro atoms. The summed E-state index contributed by atoms with van der Waals surface area (Å²) in [4.78, 5) is 12.4. The van der Waals surface area contributed by atoms with Crippen molar-refractivity contribution in [3.8, 4) is 11.5 Å². The number of aryl methyl sites for hydroxylation is 1. The van der Waals surface area contributed by atoms with Gasteiger partial charge < -0.3 is 14.6 Å². The normalized spacial score (nSPS) is 13.5. The number of ether oxygens (including phenoxy) is 1. The summed E-state index contributed by atoms with van der Waals surface area (Å²) in [7, 11) is 0. The van der Waals surface area contributed by atoms with Crippen molar-refractivity contribution < 1.29 is 9.53 Å². The Morgan fingerprint density at radius 3 is 2.60 bits per heavy atom. The average molecular weight is 423 g/mol. The van der Waals surface area contributed by atoms with Crippen LogP contribution in [0.2, 0.25) is 0 Å². The maximum absolute atomic E-state index is 12.4. The highest BCUT2D eigenvalue weighted by Gasteiger charge is 2.30. The van der Waals surface area contributed by atoms with Gasteiger partial charge in [0.25, 0.3) is 0 Å². The first kappa shape index (κ1) is 20.5. The summed E-state index contributed by atoms with van der Waals surface area (Å²) in [5.41, 5.74) is 1.88. The lowest BCUT2D eigenvalue weighted by atomic mass is 10.2. The van der Waals surface area contributed by atoms with Crippen molar-refractivity contribution in [3.63, 3.8) is 0 Å². The molecule has 1 amide bonds. The lowest BCUT2D eigenvalue weighted by Gasteiger charge is -2.11. The van der Waals surface area contributed by atoms with Crippen LogP contribution in [0.1, 0.15) is 50.0 Å². The zero-order valence-corrected chi connectivity index (χ0v) is 18.3. The lowest BCUT2D eigenvalue weighted by Crippen LogP contribution is -2.14. The molecule has 1 fully saturated rings. The molecule has 1 N–H and O–H groups in total. The lowest BCUT2D eigenvalue weighted by molar-refractivity contribution is -0.113. The van der Waals surface area contributed by atoms with E-state index in [0.717, 1.165) is 46.6 Å². The number of anilines is 1. The molecule has 156 valence electrons. The van der Waals surface area contributed by atoms with Crippen LogP contribution >= 0.6 is 11.8 Å². The Bertz CT molecular complexity index is 1030. The number of rotatable bonds is 8. The number of nitrogens with one attached hydrogen (secondary N) is 1. The van der Waals surface area contributed by atoms with E-state index in [-0.39, 0.29) is 5.91 Å². The van der Waals surface area contributed by atoms with Crippen LogP contribution in [-0.4, -0.2) is 26.4 Å². The van der Waals surface area contributed by atoms with E-state index in [4.69, 9.17) is 4.74 Å². The standard InChI is InChI=1S/C23H26N4O2S/c1-15(2)22-25-26-23(27(22)18-9-10-18)30-14-21(28)24-17-7-11-19(12-8-17)29-20-6-4-5-16(3)13-20/h4-8,11-13,15,18H,9-10,14H2,1-3H3,(H,24,28). The Labute approximate surface area is 181 Å². The summed E-state index contributed by atoms with van der Waals surface area (Å²) in [5.74, 6) is 3.08. The Balaban J connectivity index is 1.32. The molecule has 0 atom stereocenters. The minimum Gasteiger partial charge on any atom is -0.457 e. The largest absolute Gasteiger partial charge is 0.457 e. The Hall–Kier alpha value is -2.80. The van der Waals surface area contributed by atoms with E-state index >= 15 is 0 Å². The fraction of sp³-hybridized carbons (Fsp3) is 0.348. The maximum Gasteiger partial charge on any atom is 0.234 e. The summed E-state index contributed by atoms with van der Waals surface area (Å²) in [6.07, 6.45) is 2.32. The van der Waals surface area contributed by atoms with Crippen molar-refractivity contribution in [2.75, 3.05) is 11.1 Å². The van der Waals surface area contributed by atoms with E-state index in [1.807, 2.05) is 55.5 Å². The second-order valence-electron chi connectivity index (χ2n) is 7.88.